The SMILES string of the molecule is Cn1c(N)c(NC(=O)C(Cc2cccnc2)NC(=O)OC(C)(C)C)c(=O)[nH]c1=O. The van der Waals surface area contributed by atoms with Crippen LogP contribution in [0.15, 0.2) is 34.1 Å². The third-order valence-electron chi connectivity index (χ3n) is 3.79. The van der Waals surface area contributed by atoms with Crippen molar-refractivity contribution in [1.82, 2.24) is 19.9 Å². The molecule has 11 heteroatoms. The van der Waals surface area contributed by atoms with Crippen LogP contribution < -0.4 is 27.6 Å². The van der Waals surface area contributed by atoms with E-state index in [1.807, 2.05) is 4.98 Å². The summed E-state index contributed by atoms with van der Waals surface area (Å²) in [5, 5.41) is 4.86. The normalized spacial score (nSPS) is 12.1. The largest absolute Gasteiger partial charge is 0.444 e. The van der Waals surface area contributed by atoms with Crippen LogP contribution in [0.2, 0.25) is 0 Å². The molecule has 0 spiro atoms. The van der Waals surface area contributed by atoms with Crippen molar-refractivity contribution in [3.05, 3.63) is 50.9 Å². The average molecular weight is 404 g/mol. The van der Waals surface area contributed by atoms with Gasteiger partial charge in [-0.05, 0) is 32.4 Å². The minimum Gasteiger partial charge on any atom is -0.444 e. The minimum absolute atomic E-state index is 0.0858. The Morgan fingerprint density at radius 2 is 2.03 bits per heavy atom. The first-order valence-corrected chi connectivity index (χ1v) is 8.76. The lowest BCUT2D eigenvalue weighted by Crippen LogP contribution is -2.48. The van der Waals surface area contributed by atoms with Crippen molar-refractivity contribution in [1.29, 1.82) is 0 Å². The highest BCUT2D eigenvalue weighted by atomic mass is 16.6. The maximum Gasteiger partial charge on any atom is 0.408 e. The highest BCUT2D eigenvalue weighted by molar-refractivity contribution is 5.98. The van der Waals surface area contributed by atoms with Gasteiger partial charge in [-0.25, -0.2) is 9.59 Å². The van der Waals surface area contributed by atoms with E-state index in [0.717, 1.165) is 4.57 Å². The maximum atomic E-state index is 12.8. The van der Waals surface area contributed by atoms with Crippen LogP contribution in [-0.4, -0.2) is 38.2 Å². The number of amides is 2. The van der Waals surface area contributed by atoms with Gasteiger partial charge in [-0.15, -0.1) is 0 Å². The molecular weight excluding hydrogens is 380 g/mol. The molecule has 0 aliphatic rings. The Balaban J connectivity index is 2.29. The van der Waals surface area contributed by atoms with Crippen LogP contribution in [0.4, 0.5) is 16.3 Å². The molecule has 2 rings (SSSR count). The number of nitrogen functional groups attached to an aromatic ring is 1. The van der Waals surface area contributed by atoms with Gasteiger partial charge >= 0.3 is 11.8 Å². The Labute approximate surface area is 166 Å². The topological polar surface area (TPSA) is 161 Å². The number of ether oxygens (including phenoxy) is 1. The van der Waals surface area contributed by atoms with Crippen LogP contribution in [0, 0.1) is 0 Å². The van der Waals surface area contributed by atoms with Gasteiger partial charge < -0.3 is 21.1 Å². The van der Waals surface area contributed by atoms with Crippen LogP contribution in [0.25, 0.3) is 0 Å². The van der Waals surface area contributed by atoms with Gasteiger partial charge in [-0.1, -0.05) is 6.07 Å². The van der Waals surface area contributed by atoms with Gasteiger partial charge in [0.1, 0.15) is 23.1 Å². The first-order valence-electron chi connectivity index (χ1n) is 8.76. The van der Waals surface area contributed by atoms with Crippen molar-refractivity contribution in [2.75, 3.05) is 11.1 Å². The van der Waals surface area contributed by atoms with E-state index in [0.29, 0.717) is 5.56 Å². The quantitative estimate of drug-likeness (QED) is 0.550. The standard InChI is InChI=1S/C18H24N6O5/c1-18(2,3)29-17(28)21-11(8-10-6-5-7-20-9-10)14(25)22-12-13(19)24(4)16(27)23-15(12)26/h5-7,9,11H,8,19H2,1-4H3,(H,21,28)(H,22,25)(H,23,26,27). The number of hydrogen-bond acceptors (Lipinski definition) is 7. The molecule has 0 aliphatic heterocycles. The summed E-state index contributed by atoms with van der Waals surface area (Å²) in [6, 6.07) is 2.33. The van der Waals surface area contributed by atoms with Crippen molar-refractivity contribution in [2.45, 2.75) is 38.8 Å². The Hall–Kier alpha value is -3.63. The molecule has 2 aromatic heterocycles. The number of hydrogen-bond donors (Lipinski definition) is 4. The number of nitrogens with zero attached hydrogens (tertiary/aromatic N) is 2. The molecule has 156 valence electrons. The second-order valence-electron chi connectivity index (χ2n) is 7.33. The second-order valence-corrected chi connectivity index (χ2v) is 7.33. The molecule has 0 fully saturated rings. The van der Waals surface area contributed by atoms with Crippen LogP contribution in [-0.2, 0) is 23.0 Å². The summed E-state index contributed by atoms with van der Waals surface area (Å²) < 4.78 is 6.19. The Kier molecular flexibility index (Phi) is 6.42. The van der Waals surface area contributed by atoms with Gasteiger partial charge in [0.05, 0.1) is 0 Å². The lowest BCUT2D eigenvalue weighted by atomic mass is 10.1. The number of nitrogens with two attached hydrogens (primary N) is 1. The summed E-state index contributed by atoms with van der Waals surface area (Å²) in [5.74, 6) is -0.931. The van der Waals surface area contributed by atoms with E-state index < -0.39 is 34.9 Å². The zero-order valence-electron chi connectivity index (χ0n) is 16.6. The van der Waals surface area contributed by atoms with Gasteiger partial charge in [0.15, 0.2) is 0 Å². The summed E-state index contributed by atoms with van der Waals surface area (Å²) in [5.41, 5.74) is 3.82. The first kappa shape index (κ1) is 21.7. The van der Waals surface area contributed by atoms with E-state index in [1.165, 1.54) is 7.05 Å². The average Bonchev–Trinajstić information content (AvgIpc) is 2.62. The number of aromatic amines is 1. The van der Waals surface area contributed by atoms with Gasteiger partial charge in [-0.3, -0.25) is 24.1 Å². The first-order chi connectivity index (χ1) is 13.5. The molecule has 11 nitrogen and oxygen atoms in total. The van der Waals surface area contributed by atoms with Crippen molar-refractivity contribution >= 4 is 23.5 Å². The third kappa shape index (κ3) is 5.92. The van der Waals surface area contributed by atoms with E-state index in [1.54, 1.807) is 45.3 Å². The molecule has 0 radical (unpaired) electrons. The van der Waals surface area contributed by atoms with E-state index in [-0.39, 0.29) is 17.9 Å². The number of pyridine rings is 1. The van der Waals surface area contributed by atoms with E-state index in [4.69, 9.17) is 10.5 Å². The third-order valence-corrected chi connectivity index (χ3v) is 3.79. The van der Waals surface area contributed by atoms with Gasteiger partial charge in [0.25, 0.3) is 5.56 Å². The number of aromatic nitrogens is 3. The molecule has 29 heavy (non-hydrogen) atoms. The molecule has 2 heterocycles. The number of nitrogens with one attached hydrogen (secondary N) is 3. The Morgan fingerprint density at radius 3 is 2.62 bits per heavy atom. The van der Waals surface area contributed by atoms with Gasteiger partial charge in [0, 0.05) is 25.9 Å². The molecule has 1 atom stereocenters. The fraction of sp³-hybridized carbons (Fsp3) is 0.389. The van der Waals surface area contributed by atoms with E-state index in [2.05, 4.69) is 15.6 Å². The summed E-state index contributed by atoms with van der Waals surface area (Å²) in [6.07, 6.45) is 2.40. The number of carbonyl (C=O) groups is 2. The second kappa shape index (κ2) is 8.59. The molecule has 0 aliphatic carbocycles. The molecular formula is C18H24N6O5. The zero-order chi connectivity index (χ0) is 21.8. The highest BCUT2D eigenvalue weighted by Gasteiger charge is 2.26. The highest BCUT2D eigenvalue weighted by Crippen LogP contribution is 2.12. The van der Waals surface area contributed by atoms with Gasteiger partial charge in [-0.2, -0.15) is 0 Å². The Morgan fingerprint density at radius 1 is 1.34 bits per heavy atom. The molecule has 0 aromatic carbocycles. The summed E-state index contributed by atoms with van der Waals surface area (Å²) in [6.45, 7) is 5.06. The van der Waals surface area contributed by atoms with Crippen LogP contribution in [0.5, 0.6) is 0 Å². The molecule has 2 aromatic rings. The predicted octanol–water partition coefficient (Wildman–Crippen LogP) is 0.125. The van der Waals surface area contributed by atoms with Gasteiger partial charge in [0.2, 0.25) is 5.91 Å². The van der Waals surface area contributed by atoms with E-state index in [9.17, 15) is 19.2 Å². The van der Waals surface area contributed by atoms with Crippen LogP contribution in [0.3, 0.4) is 0 Å². The molecule has 2 amide bonds. The minimum atomic E-state index is -1.09. The lowest BCUT2D eigenvalue weighted by molar-refractivity contribution is -0.118. The fourth-order valence-electron chi connectivity index (χ4n) is 2.38. The van der Waals surface area contributed by atoms with Crippen LogP contribution in [0.1, 0.15) is 26.3 Å². The smallest absolute Gasteiger partial charge is 0.408 e. The lowest BCUT2D eigenvalue weighted by Gasteiger charge is -2.23. The molecule has 0 saturated carbocycles. The van der Waals surface area contributed by atoms with Crippen LogP contribution >= 0.6 is 0 Å². The number of H-pyrrole nitrogens is 1. The van der Waals surface area contributed by atoms with Crippen molar-refractivity contribution in [3.63, 3.8) is 0 Å². The summed E-state index contributed by atoms with van der Waals surface area (Å²) in [7, 11) is 1.34. The molecule has 0 bridgehead atoms. The number of anilines is 2. The monoisotopic (exact) mass is 404 g/mol. The number of alkyl carbamates (subject to hydrolysis) is 1. The van der Waals surface area contributed by atoms with Crippen molar-refractivity contribution in [3.8, 4) is 0 Å². The number of carbonyl (C=O) groups excluding carboxylic acids is 2. The molecule has 1 unspecified atom stereocenters. The molecule has 0 saturated heterocycles. The Bertz CT molecular complexity index is 1010. The maximum absolute atomic E-state index is 12.8. The van der Waals surface area contributed by atoms with E-state index >= 15 is 0 Å². The summed E-state index contributed by atoms with van der Waals surface area (Å²) >= 11 is 0. The molecule has 5 N–H and O–H groups in total. The summed E-state index contributed by atoms with van der Waals surface area (Å²) in [4.78, 5) is 54.7. The predicted molar refractivity (Wildman–Crippen MR) is 106 cm³/mol. The zero-order valence-corrected chi connectivity index (χ0v) is 16.6. The van der Waals surface area contributed by atoms with Crippen molar-refractivity contribution < 1.29 is 14.3 Å². The fourth-order valence-corrected chi connectivity index (χ4v) is 2.38. The van der Waals surface area contributed by atoms with Crippen molar-refractivity contribution in [2.24, 2.45) is 7.05 Å². The number of rotatable bonds is 5.